The highest BCUT2D eigenvalue weighted by atomic mass is 16.5. The van der Waals surface area contributed by atoms with Crippen molar-refractivity contribution in [2.75, 3.05) is 14.2 Å². The minimum atomic E-state index is 0.629. The fourth-order valence-corrected chi connectivity index (χ4v) is 3.07. The van der Waals surface area contributed by atoms with Crippen molar-refractivity contribution in [3.8, 4) is 11.5 Å². The van der Waals surface area contributed by atoms with Crippen molar-refractivity contribution in [2.24, 2.45) is 0 Å². The van der Waals surface area contributed by atoms with Crippen LogP contribution in [0.3, 0.4) is 0 Å². The molecule has 0 aromatic heterocycles. The van der Waals surface area contributed by atoms with Crippen LogP contribution in [-0.2, 0) is 12.8 Å². The zero-order valence-electron chi connectivity index (χ0n) is 12.1. The highest BCUT2D eigenvalue weighted by Gasteiger charge is 2.22. The van der Waals surface area contributed by atoms with Crippen LogP contribution in [0.4, 0.5) is 0 Å². The van der Waals surface area contributed by atoms with Gasteiger partial charge in [-0.1, -0.05) is 18.2 Å². The smallest absolute Gasteiger partial charge is 0.119 e. The lowest BCUT2D eigenvalue weighted by atomic mass is 9.93. The van der Waals surface area contributed by atoms with Gasteiger partial charge in [-0.05, 0) is 66.1 Å². The zero-order valence-corrected chi connectivity index (χ0v) is 12.1. The lowest BCUT2D eigenvalue weighted by Crippen LogP contribution is -1.99. The van der Waals surface area contributed by atoms with E-state index in [1.165, 1.54) is 23.1 Å². The molecule has 0 N–H and O–H groups in total. The summed E-state index contributed by atoms with van der Waals surface area (Å²) < 4.78 is 10.5. The monoisotopic (exact) mass is 268 g/mol. The van der Waals surface area contributed by atoms with E-state index in [-0.39, 0.29) is 0 Å². The van der Waals surface area contributed by atoms with Gasteiger partial charge in [0, 0.05) is 0 Å². The van der Waals surface area contributed by atoms with Crippen molar-refractivity contribution in [1.82, 2.24) is 0 Å². The second kappa shape index (κ2) is 5.58. The number of rotatable bonds is 4. The van der Waals surface area contributed by atoms with Gasteiger partial charge in [0.25, 0.3) is 0 Å². The van der Waals surface area contributed by atoms with E-state index in [1.54, 1.807) is 14.2 Å². The molecule has 20 heavy (non-hydrogen) atoms. The zero-order chi connectivity index (χ0) is 13.9. The molecule has 2 nitrogen and oxygen atoms in total. The van der Waals surface area contributed by atoms with Gasteiger partial charge in [-0.3, -0.25) is 0 Å². The lowest BCUT2D eigenvalue weighted by molar-refractivity contribution is 0.414. The molecule has 1 atom stereocenters. The van der Waals surface area contributed by atoms with Crippen LogP contribution in [-0.4, -0.2) is 14.2 Å². The second-order valence-electron chi connectivity index (χ2n) is 5.35. The Labute approximate surface area is 120 Å². The summed E-state index contributed by atoms with van der Waals surface area (Å²) in [6.07, 6.45) is 3.49. The Balaban J connectivity index is 1.77. The Morgan fingerprint density at radius 1 is 0.950 bits per heavy atom. The Kier molecular flexibility index (Phi) is 3.64. The summed E-state index contributed by atoms with van der Waals surface area (Å²) in [6.45, 7) is 0. The van der Waals surface area contributed by atoms with E-state index in [2.05, 4.69) is 30.3 Å². The highest BCUT2D eigenvalue weighted by Crippen LogP contribution is 2.37. The van der Waals surface area contributed by atoms with Crippen LogP contribution in [0.5, 0.6) is 11.5 Å². The molecule has 0 heterocycles. The molecule has 1 aliphatic carbocycles. The van der Waals surface area contributed by atoms with Crippen molar-refractivity contribution in [2.45, 2.75) is 25.2 Å². The normalized spacial score (nSPS) is 16.8. The minimum Gasteiger partial charge on any atom is -0.497 e. The van der Waals surface area contributed by atoms with E-state index >= 15 is 0 Å². The molecule has 3 rings (SSSR count). The maximum absolute atomic E-state index is 5.30. The maximum Gasteiger partial charge on any atom is 0.119 e. The van der Waals surface area contributed by atoms with Gasteiger partial charge in [-0.15, -0.1) is 0 Å². The van der Waals surface area contributed by atoms with Gasteiger partial charge < -0.3 is 9.47 Å². The van der Waals surface area contributed by atoms with Crippen LogP contribution in [0.2, 0.25) is 0 Å². The van der Waals surface area contributed by atoms with Gasteiger partial charge in [0.05, 0.1) is 14.2 Å². The Bertz CT molecular complexity index is 587. The van der Waals surface area contributed by atoms with E-state index in [4.69, 9.17) is 9.47 Å². The van der Waals surface area contributed by atoms with Crippen LogP contribution >= 0.6 is 0 Å². The predicted octanol–water partition coefficient (Wildman–Crippen LogP) is 3.98. The summed E-state index contributed by atoms with van der Waals surface area (Å²) >= 11 is 0. The molecular formula is C18H20O2. The standard InChI is InChI=1S/C18H20O2/c1-19-16-7-3-13(4-8-16)11-14-5-6-15-12-17(20-2)9-10-18(14)15/h3-4,7-10,12,14H,5-6,11H2,1-2H3/t14-/m1/s1. The van der Waals surface area contributed by atoms with Gasteiger partial charge in [0.15, 0.2) is 0 Å². The number of fused-ring (bicyclic) bond motifs is 1. The van der Waals surface area contributed by atoms with Crippen LogP contribution < -0.4 is 9.47 Å². The molecule has 0 amide bonds. The van der Waals surface area contributed by atoms with Crippen LogP contribution in [0, 0.1) is 0 Å². The molecule has 0 aliphatic heterocycles. The Morgan fingerprint density at radius 3 is 2.35 bits per heavy atom. The quantitative estimate of drug-likeness (QED) is 0.835. The highest BCUT2D eigenvalue weighted by molar-refractivity contribution is 5.42. The molecular weight excluding hydrogens is 248 g/mol. The first-order valence-electron chi connectivity index (χ1n) is 7.10. The van der Waals surface area contributed by atoms with Crippen molar-refractivity contribution in [1.29, 1.82) is 0 Å². The van der Waals surface area contributed by atoms with Gasteiger partial charge >= 0.3 is 0 Å². The number of hydrogen-bond acceptors (Lipinski definition) is 2. The molecule has 0 unspecified atom stereocenters. The molecule has 1 aliphatic rings. The molecule has 2 heteroatoms. The van der Waals surface area contributed by atoms with Crippen LogP contribution in [0.1, 0.15) is 29.0 Å². The summed E-state index contributed by atoms with van der Waals surface area (Å²) in [6, 6.07) is 14.9. The largest absolute Gasteiger partial charge is 0.497 e. The second-order valence-corrected chi connectivity index (χ2v) is 5.35. The van der Waals surface area contributed by atoms with Gasteiger partial charge in [0.1, 0.15) is 11.5 Å². The summed E-state index contributed by atoms with van der Waals surface area (Å²) in [5.74, 6) is 2.52. The predicted molar refractivity (Wildman–Crippen MR) is 80.8 cm³/mol. The van der Waals surface area contributed by atoms with E-state index in [0.29, 0.717) is 5.92 Å². The van der Waals surface area contributed by atoms with Crippen molar-refractivity contribution >= 4 is 0 Å². The average molecular weight is 268 g/mol. The molecule has 104 valence electrons. The van der Waals surface area contributed by atoms with E-state index < -0.39 is 0 Å². The SMILES string of the molecule is COc1ccc(C[C@H]2CCc3cc(OC)ccc32)cc1. The summed E-state index contributed by atoms with van der Waals surface area (Å²) in [5.41, 5.74) is 4.31. The van der Waals surface area contributed by atoms with Crippen molar-refractivity contribution < 1.29 is 9.47 Å². The first-order valence-corrected chi connectivity index (χ1v) is 7.10. The Morgan fingerprint density at radius 2 is 1.65 bits per heavy atom. The van der Waals surface area contributed by atoms with Crippen LogP contribution in [0.15, 0.2) is 42.5 Å². The van der Waals surface area contributed by atoms with E-state index in [0.717, 1.165) is 24.3 Å². The number of methoxy groups -OCH3 is 2. The molecule has 2 aromatic carbocycles. The molecule has 0 fully saturated rings. The molecule has 2 aromatic rings. The number of hydrogen-bond donors (Lipinski definition) is 0. The third kappa shape index (κ3) is 2.51. The van der Waals surface area contributed by atoms with E-state index in [1.807, 2.05) is 12.1 Å². The Hall–Kier alpha value is -1.96. The van der Waals surface area contributed by atoms with Crippen LogP contribution in [0.25, 0.3) is 0 Å². The van der Waals surface area contributed by atoms with Gasteiger partial charge in [0.2, 0.25) is 0 Å². The fourth-order valence-electron chi connectivity index (χ4n) is 3.07. The fraction of sp³-hybridized carbons (Fsp3) is 0.333. The lowest BCUT2D eigenvalue weighted by Gasteiger charge is -2.12. The molecule has 0 bridgehead atoms. The van der Waals surface area contributed by atoms with E-state index in [9.17, 15) is 0 Å². The molecule has 0 radical (unpaired) electrons. The van der Waals surface area contributed by atoms with Gasteiger partial charge in [-0.2, -0.15) is 0 Å². The number of ether oxygens (including phenoxy) is 2. The minimum absolute atomic E-state index is 0.629. The first kappa shape index (κ1) is 13.0. The average Bonchev–Trinajstić information content (AvgIpc) is 2.90. The van der Waals surface area contributed by atoms with Crippen molar-refractivity contribution in [3.63, 3.8) is 0 Å². The number of benzene rings is 2. The first-order chi connectivity index (χ1) is 9.80. The van der Waals surface area contributed by atoms with Crippen molar-refractivity contribution in [3.05, 3.63) is 59.2 Å². The summed E-state index contributed by atoms with van der Waals surface area (Å²) in [7, 11) is 3.43. The molecule has 0 saturated carbocycles. The molecule has 0 saturated heterocycles. The topological polar surface area (TPSA) is 18.5 Å². The maximum atomic E-state index is 5.30. The third-order valence-electron chi connectivity index (χ3n) is 4.19. The van der Waals surface area contributed by atoms with Gasteiger partial charge in [-0.25, -0.2) is 0 Å². The summed E-state index contributed by atoms with van der Waals surface area (Å²) in [5, 5.41) is 0. The number of aryl methyl sites for hydroxylation is 1. The molecule has 0 spiro atoms. The third-order valence-corrected chi connectivity index (χ3v) is 4.19. The summed E-state index contributed by atoms with van der Waals surface area (Å²) in [4.78, 5) is 0.